The van der Waals surface area contributed by atoms with Gasteiger partial charge in [0, 0.05) is 6.20 Å². The number of nitrogens with zero attached hydrogens (tertiary/aromatic N) is 2. The topological polar surface area (TPSA) is 50.8 Å². The van der Waals surface area contributed by atoms with Gasteiger partial charge in [0.2, 0.25) is 5.88 Å². The normalized spacial score (nSPS) is 24.4. The van der Waals surface area contributed by atoms with Crippen molar-refractivity contribution in [2.24, 2.45) is 5.92 Å². The molecule has 4 nitrogen and oxygen atoms in total. The van der Waals surface area contributed by atoms with E-state index in [1.807, 2.05) is 13.0 Å². The average molecular weight is 231 g/mol. The summed E-state index contributed by atoms with van der Waals surface area (Å²) >= 11 is 0. The van der Waals surface area contributed by atoms with Crippen LogP contribution in [0.2, 0.25) is 0 Å². The van der Waals surface area contributed by atoms with Crippen LogP contribution in [-0.2, 0) is 0 Å². The van der Waals surface area contributed by atoms with E-state index in [4.69, 9.17) is 4.74 Å². The van der Waals surface area contributed by atoms with Crippen LogP contribution in [-0.4, -0.2) is 21.3 Å². The van der Waals surface area contributed by atoms with Gasteiger partial charge in [0.05, 0.1) is 16.6 Å². The molecule has 90 valence electrons. The number of rotatable bonds is 2. The predicted octanol–water partition coefficient (Wildman–Crippen LogP) is 2.83. The Morgan fingerprint density at radius 1 is 1.41 bits per heavy atom. The number of H-pyrrole nitrogens is 1. The second-order valence-electron chi connectivity index (χ2n) is 4.91. The molecule has 1 N–H and O–H groups in total. The molecule has 1 fully saturated rings. The van der Waals surface area contributed by atoms with Crippen molar-refractivity contribution in [3.63, 3.8) is 0 Å². The van der Waals surface area contributed by atoms with Crippen molar-refractivity contribution in [2.75, 3.05) is 0 Å². The van der Waals surface area contributed by atoms with Gasteiger partial charge >= 0.3 is 0 Å². The van der Waals surface area contributed by atoms with E-state index in [0.717, 1.165) is 28.9 Å². The molecule has 0 unspecified atom stereocenters. The van der Waals surface area contributed by atoms with Gasteiger partial charge in [0.1, 0.15) is 6.10 Å². The Morgan fingerprint density at radius 3 is 3.06 bits per heavy atom. The molecule has 3 rings (SSSR count). The van der Waals surface area contributed by atoms with Crippen molar-refractivity contribution < 1.29 is 4.74 Å². The van der Waals surface area contributed by atoms with E-state index in [9.17, 15) is 0 Å². The molecule has 1 aliphatic carbocycles. The Kier molecular flexibility index (Phi) is 2.50. The number of aryl methyl sites for hydroxylation is 1. The fraction of sp³-hybridized carbons (Fsp3) is 0.538. The number of fused-ring (bicyclic) bond motifs is 1. The lowest BCUT2D eigenvalue weighted by molar-refractivity contribution is 0.163. The van der Waals surface area contributed by atoms with E-state index < -0.39 is 0 Å². The molecule has 0 aromatic carbocycles. The smallest absolute Gasteiger partial charge is 0.225 e. The van der Waals surface area contributed by atoms with Crippen molar-refractivity contribution >= 4 is 10.9 Å². The van der Waals surface area contributed by atoms with Crippen molar-refractivity contribution in [2.45, 2.75) is 39.2 Å². The number of hydrogen-bond acceptors (Lipinski definition) is 3. The van der Waals surface area contributed by atoms with Crippen molar-refractivity contribution in [3.8, 4) is 5.88 Å². The summed E-state index contributed by atoms with van der Waals surface area (Å²) in [5.74, 6) is 1.35. The van der Waals surface area contributed by atoms with Gasteiger partial charge in [-0.15, -0.1) is 0 Å². The molecule has 0 saturated heterocycles. The first-order valence-electron chi connectivity index (χ1n) is 6.22. The summed E-state index contributed by atoms with van der Waals surface area (Å²) in [5.41, 5.74) is 1.95. The molecule has 0 spiro atoms. The van der Waals surface area contributed by atoms with Crippen molar-refractivity contribution in [3.05, 3.63) is 18.0 Å². The van der Waals surface area contributed by atoms with E-state index in [1.54, 1.807) is 6.20 Å². The number of aromatic nitrogens is 3. The van der Waals surface area contributed by atoms with E-state index >= 15 is 0 Å². The lowest BCUT2D eigenvalue weighted by atomic mass is 10.1. The molecule has 1 saturated carbocycles. The molecule has 2 aromatic rings. The van der Waals surface area contributed by atoms with Crippen molar-refractivity contribution in [1.82, 2.24) is 15.2 Å². The fourth-order valence-electron chi connectivity index (χ4n) is 2.60. The Hall–Kier alpha value is -1.58. The van der Waals surface area contributed by atoms with Gasteiger partial charge in [0.15, 0.2) is 0 Å². The quantitative estimate of drug-likeness (QED) is 0.864. The highest BCUT2D eigenvalue weighted by molar-refractivity contribution is 5.85. The molecule has 0 amide bonds. The Balaban J connectivity index is 1.97. The summed E-state index contributed by atoms with van der Waals surface area (Å²) in [6.45, 7) is 4.23. The molecular formula is C13H17N3O. The standard InChI is InChI=1S/C13H17N3O/c1-8-4-3-5-11(8)17-13-12-9(2)15-16-10(12)6-7-14-13/h6-8,11H,3-5H2,1-2H3,(H,15,16)/t8-,11-/m1/s1. The third-order valence-electron chi connectivity index (χ3n) is 3.67. The first-order chi connectivity index (χ1) is 8.25. The largest absolute Gasteiger partial charge is 0.474 e. The molecule has 0 radical (unpaired) electrons. The first kappa shape index (κ1) is 10.6. The van der Waals surface area contributed by atoms with E-state index in [0.29, 0.717) is 12.0 Å². The van der Waals surface area contributed by atoms with Gasteiger partial charge in [-0.25, -0.2) is 4.98 Å². The van der Waals surface area contributed by atoms with E-state index in [1.165, 1.54) is 12.8 Å². The minimum Gasteiger partial charge on any atom is -0.474 e. The van der Waals surface area contributed by atoms with Gasteiger partial charge < -0.3 is 4.74 Å². The van der Waals surface area contributed by atoms with Crippen LogP contribution in [0.25, 0.3) is 10.9 Å². The average Bonchev–Trinajstić information content (AvgIpc) is 2.88. The van der Waals surface area contributed by atoms with E-state index in [-0.39, 0.29) is 0 Å². The first-order valence-corrected chi connectivity index (χ1v) is 6.22. The van der Waals surface area contributed by atoms with Crippen LogP contribution in [0.5, 0.6) is 5.88 Å². The third kappa shape index (κ3) is 1.77. The van der Waals surface area contributed by atoms with Crippen LogP contribution < -0.4 is 4.74 Å². The van der Waals surface area contributed by atoms with Crippen LogP contribution in [0.15, 0.2) is 12.3 Å². The Morgan fingerprint density at radius 2 is 2.29 bits per heavy atom. The second-order valence-corrected chi connectivity index (χ2v) is 4.91. The summed E-state index contributed by atoms with van der Waals surface area (Å²) < 4.78 is 6.07. The third-order valence-corrected chi connectivity index (χ3v) is 3.67. The highest BCUT2D eigenvalue weighted by Crippen LogP contribution is 2.32. The summed E-state index contributed by atoms with van der Waals surface area (Å²) in [4.78, 5) is 4.36. The Bertz CT molecular complexity index is 534. The molecule has 2 aromatic heterocycles. The summed E-state index contributed by atoms with van der Waals surface area (Å²) in [7, 11) is 0. The molecule has 4 heteroatoms. The lowest BCUT2D eigenvalue weighted by Gasteiger charge is -2.17. The van der Waals surface area contributed by atoms with Gasteiger partial charge in [-0.05, 0) is 38.2 Å². The molecular weight excluding hydrogens is 214 g/mol. The van der Waals surface area contributed by atoms with Crippen LogP contribution in [0.1, 0.15) is 31.9 Å². The monoisotopic (exact) mass is 231 g/mol. The zero-order chi connectivity index (χ0) is 11.8. The lowest BCUT2D eigenvalue weighted by Crippen LogP contribution is -2.19. The van der Waals surface area contributed by atoms with Crippen LogP contribution in [0.3, 0.4) is 0 Å². The maximum atomic E-state index is 6.07. The number of pyridine rings is 1. The molecule has 1 aliphatic rings. The zero-order valence-corrected chi connectivity index (χ0v) is 10.2. The van der Waals surface area contributed by atoms with Crippen LogP contribution in [0, 0.1) is 12.8 Å². The molecule has 2 atom stereocenters. The number of aromatic amines is 1. The molecule has 0 aliphatic heterocycles. The van der Waals surface area contributed by atoms with Crippen molar-refractivity contribution in [1.29, 1.82) is 0 Å². The SMILES string of the molecule is Cc1n[nH]c2ccnc(O[C@@H]3CCC[C@H]3C)c12. The Labute approximate surface area is 100 Å². The van der Waals surface area contributed by atoms with Gasteiger partial charge in [-0.2, -0.15) is 5.10 Å². The molecule has 0 bridgehead atoms. The summed E-state index contributed by atoms with van der Waals surface area (Å²) in [6, 6.07) is 1.93. The highest BCUT2D eigenvalue weighted by Gasteiger charge is 2.26. The number of hydrogen-bond donors (Lipinski definition) is 1. The van der Waals surface area contributed by atoms with Gasteiger partial charge in [-0.1, -0.05) is 6.92 Å². The summed E-state index contributed by atoms with van der Waals surface area (Å²) in [6.07, 6.45) is 5.73. The number of ether oxygens (including phenoxy) is 1. The van der Waals surface area contributed by atoms with E-state index in [2.05, 4.69) is 22.1 Å². The van der Waals surface area contributed by atoms with Crippen LogP contribution in [0.4, 0.5) is 0 Å². The predicted molar refractivity (Wildman–Crippen MR) is 66.1 cm³/mol. The number of nitrogens with one attached hydrogen (secondary N) is 1. The molecule has 2 heterocycles. The van der Waals surface area contributed by atoms with Crippen LogP contribution >= 0.6 is 0 Å². The van der Waals surface area contributed by atoms with Gasteiger partial charge in [-0.3, -0.25) is 5.10 Å². The highest BCUT2D eigenvalue weighted by atomic mass is 16.5. The summed E-state index contributed by atoms with van der Waals surface area (Å²) in [5, 5.41) is 8.22. The second kappa shape index (κ2) is 4.02. The van der Waals surface area contributed by atoms with Gasteiger partial charge in [0.25, 0.3) is 0 Å². The minimum atomic E-state index is 0.308. The maximum Gasteiger partial charge on any atom is 0.225 e. The zero-order valence-electron chi connectivity index (χ0n) is 10.2. The fourth-order valence-corrected chi connectivity index (χ4v) is 2.60. The molecule has 17 heavy (non-hydrogen) atoms. The minimum absolute atomic E-state index is 0.308. The maximum absolute atomic E-state index is 6.07.